The Hall–Kier alpha value is -1.56. The largest absolute Gasteiger partial charge is 0.507 e. The first-order valence-corrected chi connectivity index (χ1v) is 7.16. The number of nitrogens with one attached hydrogen (secondary N) is 1. The first kappa shape index (κ1) is 11.9. The number of para-hydroxylation sites is 1. The van der Waals surface area contributed by atoms with Gasteiger partial charge in [0.25, 0.3) is 0 Å². The predicted octanol–water partition coefficient (Wildman–Crippen LogP) is 0.503. The lowest BCUT2D eigenvalue weighted by Crippen LogP contribution is -2.25. The molecule has 2 N–H and O–H groups in total. The van der Waals surface area contributed by atoms with Gasteiger partial charge in [0.2, 0.25) is 0 Å². The van der Waals surface area contributed by atoms with Crippen molar-refractivity contribution in [1.82, 2.24) is 5.43 Å². The van der Waals surface area contributed by atoms with Crippen molar-refractivity contribution in [1.29, 1.82) is 0 Å². The minimum atomic E-state index is -2.88. The van der Waals surface area contributed by atoms with E-state index >= 15 is 0 Å². The molecule has 0 aliphatic carbocycles. The monoisotopic (exact) mass is 254 g/mol. The standard InChI is InChI=1S/C11H14N2O3S/c14-11-4-2-1-3-9(11)7-12-13-10-5-6-17(15,16)8-10/h1-4,7,10,13-14H,5-6,8H2. The summed E-state index contributed by atoms with van der Waals surface area (Å²) >= 11 is 0. The summed E-state index contributed by atoms with van der Waals surface area (Å²) in [5.74, 6) is 0.499. The fourth-order valence-electron chi connectivity index (χ4n) is 1.71. The summed E-state index contributed by atoms with van der Waals surface area (Å²) in [6, 6.07) is 6.69. The van der Waals surface area contributed by atoms with Gasteiger partial charge in [-0.05, 0) is 18.6 Å². The molecule has 1 aliphatic rings. The van der Waals surface area contributed by atoms with Gasteiger partial charge in [0.05, 0.1) is 23.8 Å². The van der Waals surface area contributed by atoms with E-state index in [2.05, 4.69) is 10.5 Å². The molecule has 1 saturated heterocycles. The summed E-state index contributed by atoms with van der Waals surface area (Å²) in [5, 5.41) is 13.4. The molecule has 17 heavy (non-hydrogen) atoms. The van der Waals surface area contributed by atoms with Crippen LogP contribution < -0.4 is 5.43 Å². The highest BCUT2D eigenvalue weighted by molar-refractivity contribution is 7.91. The molecule has 2 rings (SSSR count). The van der Waals surface area contributed by atoms with Crippen LogP contribution in [0.15, 0.2) is 29.4 Å². The van der Waals surface area contributed by atoms with Gasteiger partial charge in [-0.25, -0.2) is 8.42 Å². The normalized spacial score (nSPS) is 22.9. The van der Waals surface area contributed by atoms with Gasteiger partial charge < -0.3 is 10.5 Å². The van der Waals surface area contributed by atoms with Crippen LogP contribution >= 0.6 is 0 Å². The number of hydrogen-bond acceptors (Lipinski definition) is 5. The highest BCUT2D eigenvalue weighted by atomic mass is 32.2. The molecule has 0 bridgehead atoms. The second kappa shape index (κ2) is 4.75. The summed E-state index contributed by atoms with van der Waals surface area (Å²) in [4.78, 5) is 0. The van der Waals surface area contributed by atoms with E-state index < -0.39 is 9.84 Å². The number of hydrogen-bond donors (Lipinski definition) is 2. The molecule has 6 heteroatoms. The average Bonchev–Trinajstić information content (AvgIpc) is 2.61. The molecule has 1 aliphatic heterocycles. The quantitative estimate of drug-likeness (QED) is 0.608. The summed E-state index contributed by atoms with van der Waals surface area (Å²) in [6.45, 7) is 0. The molecule has 1 unspecified atom stereocenters. The minimum absolute atomic E-state index is 0.123. The third-order valence-electron chi connectivity index (χ3n) is 2.63. The fourth-order valence-corrected chi connectivity index (χ4v) is 3.37. The number of rotatable bonds is 3. The van der Waals surface area contributed by atoms with Gasteiger partial charge in [0.1, 0.15) is 5.75 Å². The van der Waals surface area contributed by atoms with Crippen LogP contribution in [0.25, 0.3) is 0 Å². The molecule has 1 atom stereocenters. The van der Waals surface area contributed by atoms with E-state index in [0.717, 1.165) is 0 Å². The number of nitrogens with zero attached hydrogens (tertiary/aromatic N) is 1. The van der Waals surface area contributed by atoms with Crippen molar-refractivity contribution in [2.75, 3.05) is 11.5 Å². The Kier molecular flexibility index (Phi) is 3.33. The van der Waals surface area contributed by atoms with Crippen molar-refractivity contribution in [3.05, 3.63) is 29.8 Å². The molecule has 0 amide bonds. The number of phenolic OH excluding ortho intramolecular Hbond substituents is 1. The molecule has 1 aromatic carbocycles. The fraction of sp³-hybridized carbons (Fsp3) is 0.364. The van der Waals surface area contributed by atoms with Gasteiger partial charge in [0, 0.05) is 5.56 Å². The van der Waals surface area contributed by atoms with Crippen LogP contribution in [-0.4, -0.2) is 37.3 Å². The van der Waals surface area contributed by atoms with Crippen LogP contribution in [0.5, 0.6) is 5.75 Å². The lowest BCUT2D eigenvalue weighted by atomic mass is 10.2. The van der Waals surface area contributed by atoms with Crippen LogP contribution in [0.1, 0.15) is 12.0 Å². The summed E-state index contributed by atoms with van der Waals surface area (Å²) in [5.41, 5.74) is 3.39. The first-order chi connectivity index (χ1) is 8.07. The van der Waals surface area contributed by atoms with Crippen LogP contribution in [0.2, 0.25) is 0 Å². The van der Waals surface area contributed by atoms with E-state index in [9.17, 15) is 13.5 Å². The van der Waals surface area contributed by atoms with Crippen molar-refractivity contribution in [2.45, 2.75) is 12.5 Å². The van der Waals surface area contributed by atoms with E-state index in [0.29, 0.717) is 12.0 Å². The van der Waals surface area contributed by atoms with Crippen molar-refractivity contribution >= 4 is 16.1 Å². The van der Waals surface area contributed by atoms with Gasteiger partial charge in [-0.3, -0.25) is 0 Å². The molecule has 0 radical (unpaired) electrons. The van der Waals surface area contributed by atoms with Crippen molar-refractivity contribution in [3.8, 4) is 5.75 Å². The van der Waals surface area contributed by atoms with E-state index in [1.165, 1.54) is 6.21 Å². The van der Waals surface area contributed by atoms with Gasteiger partial charge in [-0.15, -0.1) is 0 Å². The van der Waals surface area contributed by atoms with Gasteiger partial charge in [-0.2, -0.15) is 5.10 Å². The number of hydrazone groups is 1. The Morgan fingerprint density at radius 1 is 1.41 bits per heavy atom. The lowest BCUT2D eigenvalue weighted by molar-refractivity contribution is 0.474. The molecule has 0 aromatic heterocycles. The highest BCUT2D eigenvalue weighted by Gasteiger charge is 2.27. The third-order valence-corrected chi connectivity index (χ3v) is 4.40. The Balaban J connectivity index is 1.93. The Morgan fingerprint density at radius 2 is 2.18 bits per heavy atom. The zero-order chi connectivity index (χ0) is 12.3. The van der Waals surface area contributed by atoms with Crippen molar-refractivity contribution in [3.63, 3.8) is 0 Å². The highest BCUT2D eigenvalue weighted by Crippen LogP contribution is 2.13. The molecule has 92 valence electrons. The topological polar surface area (TPSA) is 78.8 Å². The number of aromatic hydroxyl groups is 1. The maximum Gasteiger partial charge on any atom is 0.152 e. The molecule has 1 aromatic rings. The number of sulfone groups is 1. The first-order valence-electron chi connectivity index (χ1n) is 5.34. The Bertz CT molecular complexity index is 525. The minimum Gasteiger partial charge on any atom is -0.507 e. The van der Waals surface area contributed by atoms with Crippen LogP contribution in [-0.2, 0) is 9.84 Å². The Morgan fingerprint density at radius 3 is 2.82 bits per heavy atom. The Labute approximate surface area is 100 Å². The van der Waals surface area contributed by atoms with Gasteiger partial charge in [-0.1, -0.05) is 12.1 Å². The lowest BCUT2D eigenvalue weighted by Gasteiger charge is -2.05. The molecule has 1 fully saturated rings. The summed E-state index contributed by atoms with van der Waals surface area (Å²) < 4.78 is 22.4. The van der Waals surface area contributed by atoms with Gasteiger partial charge >= 0.3 is 0 Å². The number of benzene rings is 1. The SMILES string of the molecule is O=S1(=O)CCC(NN=Cc2ccccc2O)C1. The van der Waals surface area contributed by atoms with Crippen molar-refractivity contribution < 1.29 is 13.5 Å². The molecular formula is C11H14N2O3S. The van der Waals surface area contributed by atoms with Crippen LogP contribution in [0, 0.1) is 0 Å². The number of phenols is 1. The van der Waals surface area contributed by atoms with E-state index in [1.54, 1.807) is 24.3 Å². The molecule has 5 nitrogen and oxygen atoms in total. The van der Waals surface area contributed by atoms with Gasteiger partial charge in [0.15, 0.2) is 9.84 Å². The third kappa shape index (κ3) is 3.20. The second-order valence-electron chi connectivity index (χ2n) is 4.05. The second-order valence-corrected chi connectivity index (χ2v) is 6.27. The van der Waals surface area contributed by atoms with E-state index in [-0.39, 0.29) is 23.3 Å². The molecule has 0 saturated carbocycles. The average molecular weight is 254 g/mol. The maximum atomic E-state index is 11.2. The van der Waals surface area contributed by atoms with Crippen LogP contribution in [0.4, 0.5) is 0 Å². The predicted molar refractivity (Wildman–Crippen MR) is 65.9 cm³/mol. The molecule has 0 spiro atoms. The smallest absolute Gasteiger partial charge is 0.152 e. The molecule has 1 heterocycles. The summed E-state index contributed by atoms with van der Waals surface area (Å²) in [6.07, 6.45) is 2.07. The molecular weight excluding hydrogens is 240 g/mol. The zero-order valence-corrected chi connectivity index (χ0v) is 10.0. The van der Waals surface area contributed by atoms with E-state index in [4.69, 9.17) is 0 Å². The summed E-state index contributed by atoms with van der Waals surface area (Å²) in [7, 11) is -2.88. The maximum absolute atomic E-state index is 11.2. The van der Waals surface area contributed by atoms with Crippen LogP contribution in [0.3, 0.4) is 0 Å². The zero-order valence-electron chi connectivity index (χ0n) is 9.20. The van der Waals surface area contributed by atoms with E-state index in [1.807, 2.05) is 0 Å². The van der Waals surface area contributed by atoms with Crippen molar-refractivity contribution in [2.24, 2.45) is 5.10 Å².